The van der Waals surface area contributed by atoms with Crippen molar-refractivity contribution in [3.63, 3.8) is 0 Å². The van der Waals surface area contributed by atoms with E-state index in [2.05, 4.69) is 70.6 Å². The van der Waals surface area contributed by atoms with Crippen LogP contribution in [-0.2, 0) is 5.41 Å². The van der Waals surface area contributed by atoms with Gasteiger partial charge in [-0.3, -0.25) is 15.0 Å². The Bertz CT molecular complexity index is 1180. The van der Waals surface area contributed by atoms with E-state index in [4.69, 9.17) is 0 Å². The molecule has 0 N–H and O–H groups in total. The van der Waals surface area contributed by atoms with Crippen LogP contribution in [0.4, 0.5) is 17.1 Å². The quantitative estimate of drug-likeness (QED) is 0.452. The van der Waals surface area contributed by atoms with E-state index in [1.54, 1.807) is 0 Å². The largest absolute Gasteiger partial charge is 0.308 e. The Morgan fingerprint density at radius 3 is 2.54 bits per heavy atom. The lowest BCUT2D eigenvalue weighted by atomic mass is 9.74. The van der Waals surface area contributed by atoms with E-state index in [1.165, 1.54) is 11.1 Å². The van der Waals surface area contributed by atoms with Gasteiger partial charge in [-0.15, -0.1) is 0 Å². The van der Waals surface area contributed by atoms with Gasteiger partial charge in [-0.1, -0.05) is 32.6 Å². The molecule has 136 valence electrons. The zero-order chi connectivity index (χ0) is 19.3. The Kier molecular flexibility index (Phi) is 3.56. The normalized spacial score (nSPS) is 14.4. The minimum atomic E-state index is -0.159. The number of pyridine rings is 3. The molecular weight excluding hydrogens is 344 g/mol. The van der Waals surface area contributed by atoms with Crippen LogP contribution < -0.4 is 4.90 Å². The van der Waals surface area contributed by atoms with E-state index in [0.717, 1.165) is 33.5 Å². The summed E-state index contributed by atoms with van der Waals surface area (Å²) in [6.07, 6.45) is 11.3. The Balaban J connectivity index is 1.88. The van der Waals surface area contributed by atoms with Crippen LogP contribution in [0, 0.1) is 0 Å². The second-order valence-corrected chi connectivity index (χ2v) is 7.52. The van der Waals surface area contributed by atoms with Gasteiger partial charge in [0, 0.05) is 46.7 Å². The number of nitrogens with zero attached hydrogens (tertiary/aromatic N) is 4. The maximum Gasteiger partial charge on any atom is 0.0795 e. The third-order valence-corrected chi connectivity index (χ3v) is 5.67. The van der Waals surface area contributed by atoms with Crippen LogP contribution in [0.5, 0.6) is 0 Å². The number of aromatic nitrogens is 3. The first-order valence-corrected chi connectivity index (χ1v) is 9.32. The van der Waals surface area contributed by atoms with Crippen molar-refractivity contribution in [3.8, 4) is 0 Å². The maximum atomic E-state index is 4.62. The highest BCUT2D eigenvalue weighted by Gasteiger charge is 2.37. The lowest BCUT2D eigenvalue weighted by Crippen LogP contribution is -2.31. The zero-order valence-electron chi connectivity index (χ0n) is 15.9. The molecule has 0 fully saturated rings. The Labute approximate surface area is 164 Å². The second-order valence-electron chi connectivity index (χ2n) is 7.52. The summed E-state index contributed by atoms with van der Waals surface area (Å²) in [5.74, 6) is 0. The monoisotopic (exact) mass is 364 g/mol. The molecule has 0 atom stereocenters. The standard InChI is InChI=1S/C24H20N4/c1-4-16-7-8-20(17-6-5-11-27-23(16)17)28-21-10-13-25-14-19(21)24(2,3)18-9-12-26-15-22(18)28/h4-15H,1H2,2-3H3. The van der Waals surface area contributed by atoms with Gasteiger partial charge in [-0.05, 0) is 35.9 Å². The molecule has 0 saturated heterocycles. The van der Waals surface area contributed by atoms with Crippen LogP contribution in [0.25, 0.3) is 17.0 Å². The van der Waals surface area contributed by atoms with Gasteiger partial charge in [0.2, 0.25) is 0 Å². The molecule has 0 radical (unpaired) electrons. The predicted molar refractivity (Wildman–Crippen MR) is 114 cm³/mol. The highest BCUT2D eigenvalue weighted by molar-refractivity contribution is 6.02. The predicted octanol–water partition coefficient (Wildman–Crippen LogP) is 5.78. The number of anilines is 3. The van der Waals surface area contributed by atoms with E-state index >= 15 is 0 Å². The molecule has 0 bridgehead atoms. The van der Waals surface area contributed by atoms with Crippen molar-refractivity contribution in [2.24, 2.45) is 0 Å². The fourth-order valence-corrected chi connectivity index (χ4v) is 4.23. The summed E-state index contributed by atoms with van der Waals surface area (Å²) in [6, 6.07) is 12.5. The molecular formula is C24H20N4. The third kappa shape index (κ3) is 2.21. The molecule has 0 aliphatic carbocycles. The van der Waals surface area contributed by atoms with E-state index in [9.17, 15) is 0 Å². The van der Waals surface area contributed by atoms with Crippen molar-refractivity contribution < 1.29 is 0 Å². The molecule has 1 aromatic carbocycles. The van der Waals surface area contributed by atoms with Crippen molar-refractivity contribution in [1.82, 2.24) is 15.0 Å². The average molecular weight is 364 g/mol. The summed E-state index contributed by atoms with van der Waals surface area (Å²) in [5, 5.41) is 1.08. The van der Waals surface area contributed by atoms with Gasteiger partial charge in [-0.25, -0.2) is 0 Å². The molecule has 0 unspecified atom stereocenters. The van der Waals surface area contributed by atoms with Gasteiger partial charge in [0.05, 0.1) is 28.8 Å². The first-order chi connectivity index (χ1) is 13.6. The van der Waals surface area contributed by atoms with E-state index < -0.39 is 0 Å². The fraction of sp³-hybridized carbons (Fsp3) is 0.125. The SMILES string of the molecule is C=Cc1ccc(N2c3cnccc3C(C)(C)c3cnccc32)c2cccnc12. The summed E-state index contributed by atoms with van der Waals surface area (Å²) in [5.41, 5.74) is 7.52. The first kappa shape index (κ1) is 16.6. The second kappa shape index (κ2) is 5.99. The minimum Gasteiger partial charge on any atom is -0.308 e. The number of benzene rings is 1. The zero-order valence-corrected chi connectivity index (χ0v) is 15.9. The van der Waals surface area contributed by atoms with Crippen LogP contribution in [0.2, 0.25) is 0 Å². The molecule has 28 heavy (non-hydrogen) atoms. The summed E-state index contributed by atoms with van der Waals surface area (Å²) in [4.78, 5) is 15.8. The summed E-state index contributed by atoms with van der Waals surface area (Å²) in [6.45, 7) is 8.42. The van der Waals surface area contributed by atoms with E-state index in [-0.39, 0.29) is 5.41 Å². The molecule has 4 heterocycles. The Morgan fingerprint density at radius 1 is 0.857 bits per heavy atom. The molecule has 4 aromatic rings. The van der Waals surface area contributed by atoms with Crippen molar-refractivity contribution in [1.29, 1.82) is 0 Å². The topological polar surface area (TPSA) is 41.9 Å². The van der Waals surface area contributed by atoms with Gasteiger partial charge in [0.15, 0.2) is 0 Å². The Morgan fingerprint density at radius 2 is 1.68 bits per heavy atom. The van der Waals surface area contributed by atoms with Gasteiger partial charge in [-0.2, -0.15) is 0 Å². The van der Waals surface area contributed by atoms with Crippen molar-refractivity contribution in [3.05, 3.63) is 90.7 Å². The molecule has 0 amide bonds. The van der Waals surface area contributed by atoms with E-state index in [1.807, 2.05) is 43.1 Å². The van der Waals surface area contributed by atoms with Crippen molar-refractivity contribution in [2.45, 2.75) is 19.3 Å². The van der Waals surface area contributed by atoms with Crippen LogP contribution in [0.15, 0.2) is 74.0 Å². The molecule has 0 spiro atoms. The molecule has 1 aliphatic rings. The van der Waals surface area contributed by atoms with Gasteiger partial charge < -0.3 is 4.90 Å². The van der Waals surface area contributed by atoms with Crippen molar-refractivity contribution in [2.75, 3.05) is 4.90 Å². The number of hydrogen-bond donors (Lipinski definition) is 0. The van der Waals surface area contributed by atoms with Gasteiger partial charge in [0.25, 0.3) is 0 Å². The lowest BCUT2D eigenvalue weighted by molar-refractivity contribution is 0.627. The molecule has 4 heteroatoms. The molecule has 0 saturated carbocycles. The van der Waals surface area contributed by atoms with Gasteiger partial charge in [0.1, 0.15) is 0 Å². The summed E-state index contributed by atoms with van der Waals surface area (Å²) >= 11 is 0. The molecule has 4 nitrogen and oxygen atoms in total. The molecule has 5 rings (SSSR count). The lowest BCUT2D eigenvalue weighted by Gasteiger charge is -2.41. The summed E-state index contributed by atoms with van der Waals surface area (Å²) in [7, 11) is 0. The van der Waals surface area contributed by atoms with Gasteiger partial charge >= 0.3 is 0 Å². The highest BCUT2D eigenvalue weighted by atomic mass is 15.2. The van der Waals surface area contributed by atoms with Crippen LogP contribution in [0.1, 0.15) is 30.5 Å². The number of hydrogen-bond acceptors (Lipinski definition) is 4. The van der Waals surface area contributed by atoms with E-state index in [0.29, 0.717) is 0 Å². The maximum absolute atomic E-state index is 4.62. The molecule has 3 aromatic heterocycles. The smallest absolute Gasteiger partial charge is 0.0795 e. The number of rotatable bonds is 2. The van der Waals surface area contributed by atoms with Crippen LogP contribution in [-0.4, -0.2) is 15.0 Å². The fourth-order valence-electron chi connectivity index (χ4n) is 4.23. The first-order valence-electron chi connectivity index (χ1n) is 9.32. The van der Waals surface area contributed by atoms with Crippen LogP contribution in [0.3, 0.4) is 0 Å². The highest BCUT2D eigenvalue weighted by Crippen LogP contribution is 2.52. The average Bonchev–Trinajstić information content (AvgIpc) is 2.74. The minimum absolute atomic E-state index is 0.159. The Hall–Kier alpha value is -3.53. The number of fused-ring (bicyclic) bond motifs is 3. The van der Waals surface area contributed by atoms with Crippen molar-refractivity contribution >= 4 is 34.0 Å². The van der Waals surface area contributed by atoms with Crippen LogP contribution >= 0.6 is 0 Å². The summed E-state index contributed by atoms with van der Waals surface area (Å²) < 4.78 is 0. The third-order valence-electron chi connectivity index (χ3n) is 5.67. The molecule has 1 aliphatic heterocycles.